The molecular formula is C10H22N2O2S. The van der Waals surface area contributed by atoms with Crippen molar-refractivity contribution >= 4 is 10.0 Å². The Hall–Kier alpha value is -0.130. The third kappa shape index (κ3) is 5.49. The van der Waals surface area contributed by atoms with Gasteiger partial charge < -0.3 is 5.32 Å². The predicted octanol–water partition coefficient (Wildman–Crippen LogP) is 0.706. The molecule has 0 heterocycles. The molecule has 0 amide bonds. The largest absolute Gasteiger partial charge is 0.316 e. The quantitative estimate of drug-likeness (QED) is 0.608. The lowest BCUT2D eigenvalue weighted by Gasteiger charge is -2.10. The van der Waals surface area contributed by atoms with E-state index in [1.54, 1.807) is 0 Å². The van der Waals surface area contributed by atoms with Crippen LogP contribution in [-0.2, 0) is 10.0 Å². The van der Waals surface area contributed by atoms with Crippen LogP contribution >= 0.6 is 0 Å². The molecule has 1 aliphatic carbocycles. The summed E-state index contributed by atoms with van der Waals surface area (Å²) in [6.07, 6.45) is 3.32. The first-order valence-electron chi connectivity index (χ1n) is 5.65. The molecule has 0 aromatic rings. The van der Waals surface area contributed by atoms with Gasteiger partial charge >= 0.3 is 0 Å². The third-order valence-corrected chi connectivity index (χ3v) is 4.12. The summed E-state index contributed by atoms with van der Waals surface area (Å²) in [4.78, 5) is 0. The molecule has 0 saturated heterocycles. The van der Waals surface area contributed by atoms with Gasteiger partial charge in [0.25, 0.3) is 0 Å². The van der Waals surface area contributed by atoms with E-state index in [1.165, 1.54) is 0 Å². The van der Waals surface area contributed by atoms with Gasteiger partial charge in [0.2, 0.25) is 10.0 Å². The summed E-state index contributed by atoms with van der Waals surface area (Å²) in [6.45, 7) is 6.20. The number of rotatable bonds is 8. The normalized spacial score (nSPS) is 19.1. The highest BCUT2D eigenvalue weighted by atomic mass is 32.2. The first kappa shape index (κ1) is 12.9. The van der Waals surface area contributed by atoms with Gasteiger partial charge in [0.15, 0.2) is 0 Å². The average Bonchev–Trinajstić information content (AvgIpc) is 2.90. The van der Waals surface area contributed by atoms with Crippen molar-refractivity contribution in [1.29, 1.82) is 0 Å². The minimum atomic E-state index is -3.07. The van der Waals surface area contributed by atoms with Crippen LogP contribution in [0.15, 0.2) is 0 Å². The zero-order chi connectivity index (χ0) is 11.4. The highest BCUT2D eigenvalue weighted by Crippen LogP contribution is 2.44. The fourth-order valence-electron chi connectivity index (χ4n) is 1.25. The second-order valence-corrected chi connectivity index (χ2v) is 6.63. The zero-order valence-electron chi connectivity index (χ0n) is 9.67. The molecule has 0 radical (unpaired) electrons. The second kappa shape index (κ2) is 5.27. The van der Waals surface area contributed by atoms with Crippen molar-refractivity contribution in [3.63, 3.8) is 0 Å². The molecule has 90 valence electrons. The Labute approximate surface area is 92.9 Å². The summed E-state index contributed by atoms with van der Waals surface area (Å²) >= 11 is 0. The molecule has 0 aliphatic heterocycles. The number of nitrogens with one attached hydrogen (secondary N) is 2. The van der Waals surface area contributed by atoms with Crippen LogP contribution in [0, 0.1) is 5.41 Å². The lowest BCUT2D eigenvalue weighted by molar-refractivity contribution is 0.528. The molecule has 0 aromatic heterocycles. The van der Waals surface area contributed by atoms with Crippen LogP contribution in [-0.4, -0.2) is 33.8 Å². The molecule has 5 heteroatoms. The fourth-order valence-corrected chi connectivity index (χ4v) is 2.38. The maximum Gasteiger partial charge on any atom is 0.212 e. The summed E-state index contributed by atoms with van der Waals surface area (Å²) in [7, 11) is -3.07. The van der Waals surface area contributed by atoms with Crippen molar-refractivity contribution in [3.05, 3.63) is 0 Å². The standard InChI is InChI=1S/C10H22N2O2S/c1-3-6-11-7-8-15(13,14)12-9-10(2)4-5-10/h11-12H,3-9H2,1-2H3. The zero-order valence-corrected chi connectivity index (χ0v) is 10.5. The lowest BCUT2D eigenvalue weighted by Crippen LogP contribution is -2.35. The fraction of sp³-hybridized carbons (Fsp3) is 1.00. The van der Waals surface area contributed by atoms with E-state index in [-0.39, 0.29) is 11.2 Å². The number of sulfonamides is 1. The van der Waals surface area contributed by atoms with Crippen LogP contribution in [0.4, 0.5) is 0 Å². The van der Waals surface area contributed by atoms with E-state index in [9.17, 15) is 8.42 Å². The maximum atomic E-state index is 11.5. The summed E-state index contributed by atoms with van der Waals surface area (Å²) < 4.78 is 25.7. The van der Waals surface area contributed by atoms with E-state index in [4.69, 9.17) is 0 Å². The van der Waals surface area contributed by atoms with Crippen LogP contribution < -0.4 is 10.0 Å². The summed E-state index contributed by atoms with van der Waals surface area (Å²) in [6, 6.07) is 0. The summed E-state index contributed by atoms with van der Waals surface area (Å²) in [5.74, 6) is 0.184. The number of hydrogen-bond acceptors (Lipinski definition) is 3. The van der Waals surface area contributed by atoms with Crippen molar-refractivity contribution in [2.24, 2.45) is 5.41 Å². The molecule has 0 spiro atoms. The molecule has 0 bridgehead atoms. The van der Waals surface area contributed by atoms with Gasteiger partial charge in [-0.15, -0.1) is 0 Å². The average molecular weight is 234 g/mol. The van der Waals surface area contributed by atoms with Gasteiger partial charge in [-0.1, -0.05) is 13.8 Å². The molecule has 15 heavy (non-hydrogen) atoms. The van der Waals surface area contributed by atoms with Gasteiger partial charge in [-0.3, -0.25) is 0 Å². The smallest absolute Gasteiger partial charge is 0.212 e. The van der Waals surface area contributed by atoms with Crippen LogP contribution in [0.5, 0.6) is 0 Å². The van der Waals surface area contributed by atoms with Crippen molar-refractivity contribution in [1.82, 2.24) is 10.0 Å². The molecule has 0 aromatic carbocycles. The SMILES string of the molecule is CCCNCCS(=O)(=O)NCC1(C)CC1. The molecule has 1 rings (SSSR count). The van der Waals surface area contributed by atoms with Gasteiger partial charge in [0.05, 0.1) is 5.75 Å². The third-order valence-electron chi connectivity index (χ3n) is 2.80. The maximum absolute atomic E-state index is 11.5. The van der Waals surface area contributed by atoms with E-state index < -0.39 is 10.0 Å². The second-order valence-electron chi connectivity index (χ2n) is 4.70. The van der Waals surface area contributed by atoms with Gasteiger partial charge in [0, 0.05) is 13.1 Å². The number of hydrogen-bond donors (Lipinski definition) is 2. The van der Waals surface area contributed by atoms with Crippen molar-refractivity contribution in [3.8, 4) is 0 Å². The van der Waals surface area contributed by atoms with Gasteiger partial charge in [-0.2, -0.15) is 0 Å². The van der Waals surface area contributed by atoms with Crippen LogP contribution in [0.1, 0.15) is 33.1 Å². The van der Waals surface area contributed by atoms with Crippen molar-refractivity contribution in [2.75, 3.05) is 25.4 Å². The Morgan fingerprint density at radius 3 is 2.47 bits per heavy atom. The minimum absolute atomic E-state index is 0.184. The van der Waals surface area contributed by atoms with Crippen LogP contribution in [0.25, 0.3) is 0 Å². The Kier molecular flexibility index (Phi) is 4.55. The van der Waals surface area contributed by atoms with Crippen LogP contribution in [0.3, 0.4) is 0 Å². The first-order chi connectivity index (χ1) is 6.97. The van der Waals surface area contributed by atoms with Crippen molar-refractivity contribution in [2.45, 2.75) is 33.1 Å². The van der Waals surface area contributed by atoms with E-state index in [0.717, 1.165) is 25.8 Å². The highest BCUT2D eigenvalue weighted by Gasteiger charge is 2.37. The topological polar surface area (TPSA) is 58.2 Å². The van der Waals surface area contributed by atoms with Gasteiger partial charge in [-0.25, -0.2) is 13.1 Å². The molecule has 1 saturated carbocycles. The Morgan fingerprint density at radius 1 is 1.27 bits per heavy atom. The Balaban J connectivity index is 2.14. The van der Waals surface area contributed by atoms with E-state index in [2.05, 4.69) is 23.9 Å². The van der Waals surface area contributed by atoms with E-state index in [0.29, 0.717) is 13.1 Å². The predicted molar refractivity (Wildman–Crippen MR) is 62.3 cm³/mol. The van der Waals surface area contributed by atoms with Crippen molar-refractivity contribution < 1.29 is 8.42 Å². The molecule has 2 N–H and O–H groups in total. The Morgan fingerprint density at radius 2 is 1.93 bits per heavy atom. The van der Waals surface area contributed by atoms with E-state index >= 15 is 0 Å². The van der Waals surface area contributed by atoms with Gasteiger partial charge in [-0.05, 0) is 31.2 Å². The monoisotopic (exact) mass is 234 g/mol. The lowest BCUT2D eigenvalue weighted by atomic mass is 10.2. The molecular weight excluding hydrogens is 212 g/mol. The highest BCUT2D eigenvalue weighted by molar-refractivity contribution is 7.89. The molecule has 1 fully saturated rings. The molecule has 0 atom stereocenters. The molecule has 4 nitrogen and oxygen atoms in total. The van der Waals surface area contributed by atoms with Gasteiger partial charge in [0.1, 0.15) is 0 Å². The minimum Gasteiger partial charge on any atom is -0.316 e. The summed E-state index contributed by atoms with van der Waals surface area (Å²) in [5, 5.41) is 3.08. The van der Waals surface area contributed by atoms with E-state index in [1.807, 2.05) is 0 Å². The summed E-state index contributed by atoms with van der Waals surface area (Å²) in [5.41, 5.74) is 0.240. The molecule has 0 unspecified atom stereocenters. The Bertz CT molecular complexity index is 284. The van der Waals surface area contributed by atoms with Crippen LogP contribution in [0.2, 0.25) is 0 Å². The molecule has 1 aliphatic rings. The first-order valence-corrected chi connectivity index (χ1v) is 7.31.